The number of morpholine rings is 1. The minimum absolute atomic E-state index is 0.0265. The Kier molecular flexibility index (Phi) is 7.97. The molecule has 3 aliphatic rings. The van der Waals surface area contributed by atoms with Crippen LogP contribution in [0.2, 0.25) is 0 Å². The standard InChI is InChI=1S/C30H37FN6O3/c1-35-10-12-37(13-11-35)27-7-2-21(18-25(27)31)30(38)34-22-3-5-24(6-4-22)40-28-20-23(36-14-16-39-17-15-36)19-26-29(28)33-9-8-32-26/h2,7-9,18-20,22,24H,3-6,10-17H2,1H3,(H,34,38). The van der Waals surface area contributed by atoms with Crippen molar-refractivity contribution in [2.75, 3.05) is 69.3 Å². The molecule has 2 saturated heterocycles. The summed E-state index contributed by atoms with van der Waals surface area (Å²) in [6.45, 7) is 6.44. The predicted molar refractivity (Wildman–Crippen MR) is 153 cm³/mol. The smallest absolute Gasteiger partial charge is 0.251 e. The number of ether oxygens (including phenoxy) is 2. The highest BCUT2D eigenvalue weighted by Crippen LogP contribution is 2.33. The van der Waals surface area contributed by atoms with Gasteiger partial charge in [-0.15, -0.1) is 0 Å². The van der Waals surface area contributed by atoms with Crippen LogP contribution in [0.4, 0.5) is 15.8 Å². The maximum Gasteiger partial charge on any atom is 0.251 e. The molecule has 1 N–H and O–H groups in total. The summed E-state index contributed by atoms with van der Waals surface area (Å²) in [6, 6.07) is 8.99. The number of hydrogen-bond acceptors (Lipinski definition) is 8. The third kappa shape index (κ3) is 5.97. The van der Waals surface area contributed by atoms with Crippen LogP contribution in [0.25, 0.3) is 11.0 Å². The molecule has 40 heavy (non-hydrogen) atoms. The van der Waals surface area contributed by atoms with Crippen molar-refractivity contribution in [3.8, 4) is 5.75 Å². The number of nitrogens with zero attached hydrogens (tertiary/aromatic N) is 5. The number of hydrogen-bond donors (Lipinski definition) is 1. The fraction of sp³-hybridized carbons (Fsp3) is 0.500. The molecule has 9 nitrogen and oxygen atoms in total. The third-order valence-electron chi connectivity index (χ3n) is 8.26. The zero-order valence-corrected chi connectivity index (χ0v) is 23.0. The monoisotopic (exact) mass is 548 g/mol. The average molecular weight is 549 g/mol. The number of rotatable bonds is 6. The number of amides is 1. The second-order valence-corrected chi connectivity index (χ2v) is 11.0. The number of aromatic nitrogens is 2. The molecule has 0 unspecified atom stereocenters. The van der Waals surface area contributed by atoms with Crippen LogP contribution >= 0.6 is 0 Å². The molecule has 6 rings (SSSR count). The fourth-order valence-corrected chi connectivity index (χ4v) is 5.85. The molecule has 1 amide bonds. The first-order chi connectivity index (χ1) is 19.5. The van der Waals surface area contributed by atoms with Crippen molar-refractivity contribution in [1.82, 2.24) is 20.2 Å². The van der Waals surface area contributed by atoms with Crippen LogP contribution in [0.15, 0.2) is 42.7 Å². The Morgan fingerprint density at radius 3 is 2.45 bits per heavy atom. The highest BCUT2D eigenvalue weighted by Gasteiger charge is 2.26. The van der Waals surface area contributed by atoms with Crippen LogP contribution in [0, 0.1) is 5.82 Å². The van der Waals surface area contributed by atoms with E-state index in [9.17, 15) is 9.18 Å². The van der Waals surface area contributed by atoms with E-state index in [4.69, 9.17) is 9.47 Å². The number of carbonyl (C=O) groups is 1. The lowest BCUT2D eigenvalue weighted by Crippen LogP contribution is -2.44. The van der Waals surface area contributed by atoms with Crippen molar-refractivity contribution < 1.29 is 18.7 Å². The van der Waals surface area contributed by atoms with Crippen molar-refractivity contribution in [3.05, 3.63) is 54.1 Å². The van der Waals surface area contributed by atoms with E-state index < -0.39 is 0 Å². The Balaban J connectivity index is 1.06. The number of nitrogens with one attached hydrogen (secondary N) is 1. The molecule has 0 radical (unpaired) electrons. The molecule has 0 spiro atoms. The fourth-order valence-electron chi connectivity index (χ4n) is 5.85. The van der Waals surface area contributed by atoms with Gasteiger partial charge in [-0.2, -0.15) is 0 Å². The molecule has 10 heteroatoms. The number of piperazine rings is 1. The van der Waals surface area contributed by atoms with Crippen LogP contribution in [0.3, 0.4) is 0 Å². The normalized spacial score (nSPS) is 22.4. The zero-order valence-electron chi connectivity index (χ0n) is 23.0. The first-order valence-corrected chi connectivity index (χ1v) is 14.3. The van der Waals surface area contributed by atoms with Gasteiger partial charge in [0.2, 0.25) is 0 Å². The summed E-state index contributed by atoms with van der Waals surface area (Å²) in [4.78, 5) is 28.6. The summed E-state index contributed by atoms with van der Waals surface area (Å²) < 4.78 is 26.9. The number of likely N-dealkylation sites (N-methyl/N-ethyl adjacent to an activating group) is 1. The molecular formula is C30H37FN6O3. The molecule has 0 bridgehead atoms. The lowest BCUT2D eigenvalue weighted by molar-refractivity contribution is 0.0894. The molecule has 2 aliphatic heterocycles. The number of carbonyl (C=O) groups excluding carboxylic acids is 1. The SMILES string of the molecule is CN1CCN(c2ccc(C(=O)NC3CCC(Oc4cc(N5CCOCC5)cc5nccnc45)CC3)cc2F)CC1. The summed E-state index contributed by atoms with van der Waals surface area (Å²) >= 11 is 0. The lowest BCUT2D eigenvalue weighted by Gasteiger charge is -2.34. The summed E-state index contributed by atoms with van der Waals surface area (Å²) in [5, 5.41) is 3.11. The summed E-state index contributed by atoms with van der Waals surface area (Å²) in [7, 11) is 2.07. The van der Waals surface area contributed by atoms with Gasteiger partial charge in [-0.05, 0) is 57.0 Å². The van der Waals surface area contributed by atoms with E-state index in [-0.39, 0.29) is 23.9 Å². The van der Waals surface area contributed by atoms with Crippen molar-refractivity contribution in [2.45, 2.75) is 37.8 Å². The minimum Gasteiger partial charge on any atom is -0.488 e. The van der Waals surface area contributed by atoms with Gasteiger partial charge >= 0.3 is 0 Å². The zero-order chi connectivity index (χ0) is 27.5. The molecule has 3 aromatic rings. The second kappa shape index (κ2) is 11.9. The molecule has 3 fully saturated rings. The summed E-state index contributed by atoms with van der Waals surface area (Å²) in [5.74, 6) is 0.173. The van der Waals surface area contributed by atoms with Gasteiger partial charge in [0.25, 0.3) is 5.91 Å². The molecule has 1 saturated carbocycles. The molecular weight excluding hydrogens is 511 g/mol. The van der Waals surface area contributed by atoms with Gasteiger partial charge in [0, 0.05) is 75.0 Å². The van der Waals surface area contributed by atoms with Gasteiger partial charge < -0.3 is 29.5 Å². The van der Waals surface area contributed by atoms with E-state index >= 15 is 0 Å². The van der Waals surface area contributed by atoms with E-state index in [0.717, 1.165) is 87.4 Å². The van der Waals surface area contributed by atoms with Crippen molar-refractivity contribution in [2.24, 2.45) is 0 Å². The highest BCUT2D eigenvalue weighted by atomic mass is 19.1. The first-order valence-electron chi connectivity index (χ1n) is 14.3. The third-order valence-corrected chi connectivity index (χ3v) is 8.26. The molecule has 2 aromatic carbocycles. The molecule has 212 valence electrons. The Morgan fingerprint density at radius 2 is 1.70 bits per heavy atom. The van der Waals surface area contributed by atoms with Gasteiger partial charge in [0.1, 0.15) is 17.1 Å². The van der Waals surface area contributed by atoms with Gasteiger partial charge in [0.15, 0.2) is 0 Å². The van der Waals surface area contributed by atoms with E-state index in [1.54, 1.807) is 24.5 Å². The number of anilines is 2. The van der Waals surface area contributed by atoms with Crippen molar-refractivity contribution in [3.63, 3.8) is 0 Å². The summed E-state index contributed by atoms with van der Waals surface area (Å²) in [6.07, 6.45) is 6.64. The maximum absolute atomic E-state index is 14.9. The van der Waals surface area contributed by atoms with E-state index in [1.807, 2.05) is 4.90 Å². The van der Waals surface area contributed by atoms with Crippen LogP contribution in [-0.4, -0.2) is 92.5 Å². The Morgan fingerprint density at radius 1 is 0.950 bits per heavy atom. The number of benzene rings is 2. The van der Waals surface area contributed by atoms with Crippen molar-refractivity contribution >= 4 is 28.3 Å². The predicted octanol–water partition coefficient (Wildman–Crippen LogP) is 3.48. The van der Waals surface area contributed by atoms with Crippen LogP contribution < -0.4 is 19.9 Å². The van der Waals surface area contributed by atoms with Crippen LogP contribution in [0.5, 0.6) is 5.75 Å². The minimum atomic E-state index is -0.344. The van der Waals surface area contributed by atoms with Crippen LogP contribution in [0.1, 0.15) is 36.0 Å². The van der Waals surface area contributed by atoms with E-state index in [2.05, 4.69) is 44.3 Å². The average Bonchev–Trinajstić information content (AvgIpc) is 2.99. The van der Waals surface area contributed by atoms with Crippen molar-refractivity contribution in [1.29, 1.82) is 0 Å². The Bertz CT molecular complexity index is 1330. The first kappa shape index (κ1) is 26.7. The van der Waals surface area contributed by atoms with Gasteiger partial charge in [-0.3, -0.25) is 9.78 Å². The number of fused-ring (bicyclic) bond motifs is 1. The topological polar surface area (TPSA) is 83.1 Å². The number of halogens is 1. The highest BCUT2D eigenvalue weighted by molar-refractivity contribution is 5.94. The lowest BCUT2D eigenvalue weighted by atomic mass is 9.92. The molecule has 1 aliphatic carbocycles. The largest absolute Gasteiger partial charge is 0.488 e. The van der Waals surface area contributed by atoms with E-state index in [0.29, 0.717) is 24.5 Å². The summed E-state index contributed by atoms with van der Waals surface area (Å²) in [5.41, 5.74) is 3.57. The second-order valence-electron chi connectivity index (χ2n) is 11.0. The van der Waals surface area contributed by atoms with Gasteiger partial charge in [-0.1, -0.05) is 0 Å². The molecule has 3 heterocycles. The van der Waals surface area contributed by atoms with Gasteiger partial charge in [0.05, 0.1) is 30.5 Å². The Hall–Kier alpha value is -3.50. The quantitative estimate of drug-likeness (QED) is 0.502. The maximum atomic E-state index is 14.9. The van der Waals surface area contributed by atoms with E-state index in [1.165, 1.54) is 6.07 Å². The van der Waals surface area contributed by atoms with Gasteiger partial charge in [-0.25, -0.2) is 9.37 Å². The Labute approximate surface area is 234 Å². The molecule has 0 atom stereocenters. The van der Waals surface area contributed by atoms with Crippen LogP contribution in [-0.2, 0) is 4.74 Å². The molecule has 1 aromatic heterocycles.